The van der Waals surface area contributed by atoms with Gasteiger partial charge in [0.2, 0.25) is 0 Å². The Bertz CT molecular complexity index is 667. The number of ether oxygens (including phenoxy) is 1. The largest absolute Gasteiger partial charge is 0.394 e. The van der Waals surface area contributed by atoms with Gasteiger partial charge in [0.05, 0.1) is 12.1 Å². The van der Waals surface area contributed by atoms with Crippen LogP contribution in [0, 0.1) is 0 Å². The third-order valence-electron chi connectivity index (χ3n) is 4.50. The second-order valence-corrected chi connectivity index (χ2v) is 6.15. The molecule has 6 heteroatoms. The number of pyridine rings is 1. The van der Waals surface area contributed by atoms with Crippen LogP contribution < -0.4 is 11.1 Å². The van der Waals surface area contributed by atoms with Gasteiger partial charge in [-0.2, -0.15) is 0 Å². The second kappa shape index (κ2) is 7.19. The summed E-state index contributed by atoms with van der Waals surface area (Å²) in [6.45, 7) is 6.25. The second-order valence-electron chi connectivity index (χ2n) is 6.15. The molecule has 0 aromatic carbocycles. The van der Waals surface area contributed by atoms with E-state index < -0.39 is 0 Å². The quantitative estimate of drug-likeness (QED) is 0.727. The van der Waals surface area contributed by atoms with E-state index in [-0.39, 0.29) is 0 Å². The van der Waals surface area contributed by atoms with E-state index in [4.69, 9.17) is 15.6 Å². The van der Waals surface area contributed by atoms with Gasteiger partial charge in [-0.05, 0) is 44.9 Å². The third kappa shape index (κ3) is 3.43. The van der Waals surface area contributed by atoms with E-state index >= 15 is 0 Å². The molecule has 23 heavy (non-hydrogen) atoms. The van der Waals surface area contributed by atoms with Crippen molar-refractivity contribution in [2.24, 2.45) is 0 Å². The molecule has 0 fully saturated rings. The summed E-state index contributed by atoms with van der Waals surface area (Å²) in [6.07, 6.45) is 3.45. The number of aryl methyl sites for hydroxylation is 2. The topological polar surface area (TPSA) is 67.8 Å². The van der Waals surface area contributed by atoms with Crippen molar-refractivity contribution in [1.29, 1.82) is 0 Å². The molecule has 3 N–H and O–H groups in total. The Hall–Kier alpha value is -1.79. The van der Waals surface area contributed by atoms with E-state index in [0.717, 1.165) is 62.7 Å². The zero-order valence-electron chi connectivity index (χ0n) is 14.1. The lowest BCUT2D eigenvalue weighted by Gasteiger charge is -2.16. The fourth-order valence-corrected chi connectivity index (χ4v) is 3.13. The molecule has 0 saturated heterocycles. The van der Waals surface area contributed by atoms with E-state index in [0.29, 0.717) is 0 Å². The van der Waals surface area contributed by atoms with Crippen LogP contribution in [0.3, 0.4) is 0 Å². The van der Waals surface area contributed by atoms with E-state index in [1.807, 2.05) is 11.4 Å². The van der Waals surface area contributed by atoms with E-state index in [1.54, 1.807) is 0 Å². The number of rotatable bonds is 8. The van der Waals surface area contributed by atoms with Gasteiger partial charge in [0.15, 0.2) is 5.82 Å². The highest BCUT2D eigenvalue weighted by atomic mass is 16.5. The van der Waals surface area contributed by atoms with Gasteiger partial charge in [-0.15, -0.1) is 5.10 Å². The first-order valence-electron chi connectivity index (χ1n) is 8.49. The van der Waals surface area contributed by atoms with Crippen LogP contribution in [-0.4, -0.2) is 54.4 Å². The minimum atomic E-state index is 0.747. The molecule has 6 nitrogen and oxygen atoms in total. The van der Waals surface area contributed by atoms with Crippen molar-refractivity contribution in [3.05, 3.63) is 23.4 Å². The highest BCUT2D eigenvalue weighted by molar-refractivity contribution is 5.81. The number of nitrogen functional groups attached to an aromatic ring is 1. The van der Waals surface area contributed by atoms with Gasteiger partial charge in [0.25, 0.3) is 0 Å². The predicted octanol–water partition coefficient (Wildman–Crippen LogP) is 1.79. The minimum Gasteiger partial charge on any atom is -0.394 e. The normalized spacial score (nSPS) is 13.9. The van der Waals surface area contributed by atoms with E-state index in [9.17, 15) is 0 Å². The molecule has 0 spiro atoms. The fourth-order valence-electron chi connectivity index (χ4n) is 3.13. The van der Waals surface area contributed by atoms with Crippen LogP contribution >= 0.6 is 0 Å². The van der Waals surface area contributed by atoms with Gasteiger partial charge >= 0.3 is 0 Å². The summed E-state index contributed by atoms with van der Waals surface area (Å²) in [7, 11) is 2.10. The van der Waals surface area contributed by atoms with Crippen molar-refractivity contribution in [3.63, 3.8) is 0 Å². The van der Waals surface area contributed by atoms with E-state index in [1.165, 1.54) is 17.7 Å². The van der Waals surface area contributed by atoms with Gasteiger partial charge < -0.3 is 20.7 Å². The average molecular weight is 317 g/mol. The number of likely N-dealkylation sites (N-methyl/N-ethyl adjacent to an activating group) is 1. The number of fused-ring (bicyclic) bond motifs is 3. The number of nitrogens with two attached hydrogens (primary N) is 1. The molecule has 1 aliphatic rings. The minimum absolute atomic E-state index is 0.747. The lowest BCUT2D eigenvalue weighted by Crippen LogP contribution is -2.28. The molecular formula is C17H27N5O. The Morgan fingerprint density at radius 1 is 1.35 bits per heavy atom. The Kier molecular flexibility index (Phi) is 5.03. The highest BCUT2D eigenvalue weighted by Crippen LogP contribution is 2.29. The van der Waals surface area contributed by atoms with Crippen LogP contribution in [0.2, 0.25) is 0 Å². The Morgan fingerprint density at radius 2 is 2.22 bits per heavy atom. The Balaban J connectivity index is 1.61. The summed E-state index contributed by atoms with van der Waals surface area (Å²) in [5.41, 5.74) is 10.7. The number of anilines is 2. The number of nitrogens with one attached hydrogen (secondary N) is 1. The highest BCUT2D eigenvalue weighted by Gasteiger charge is 2.18. The number of aromatic nitrogens is 2. The lowest BCUT2D eigenvalue weighted by molar-refractivity contribution is 0.123. The summed E-state index contributed by atoms with van der Waals surface area (Å²) >= 11 is 0. The smallest absolute Gasteiger partial charge is 0.172 e. The summed E-state index contributed by atoms with van der Waals surface area (Å²) in [5.74, 6) is 0.795. The van der Waals surface area contributed by atoms with Crippen molar-refractivity contribution in [2.45, 2.75) is 26.2 Å². The van der Waals surface area contributed by atoms with Crippen molar-refractivity contribution in [1.82, 2.24) is 14.5 Å². The monoisotopic (exact) mass is 317 g/mol. The molecule has 2 heterocycles. The van der Waals surface area contributed by atoms with Crippen LogP contribution in [0.1, 0.15) is 24.6 Å². The first-order chi connectivity index (χ1) is 11.2. The molecule has 0 aliphatic heterocycles. The van der Waals surface area contributed by atoms with Crippen LogP contribution in [0.4, 0.5) is 11.5 Å². The molecule has 0 saturated carbocycles. The lowest BCUT2D eigenvalue weighted by atomic mass is 10.2. The summed E-state index contributed by atoms with van der Waals surface area (Å²) in [5, 5.41) is 8.07. The molecule has 0 bridgehead atoms. The number of nitrogens with zero attached hydrogens (tertiary/aromatic N) is 3. The number of hydrogen-bond acceptors (Lipinski definition) is 5. The van der Waals surface area contributed by atoms with Crippen molar-refractivity contribution in [2.75, 3.05) is 50.9 Å². The Morgan fingerprint density at radius 3 is 3.04 bits per heavy atom. The van der Waals surface area contributed by atoms with Crippen LogP contribution in [0.5, 0.6) is 0 Å². The van der Waals surface area contributed by atoms with Gasteiger partial charge in [0.1, 0.15) is 5.69 Å². The maximum atomic E-state index is 6.27. The zero-order chi connectivity index (χ0) is 16.2. The van der Waals surface area contributed by atoms with Gasteiger partial charge in [-0.1, -0.05) is 6.07 Å². The van der Waals surface area contributed by atoms with Crippen LogP contribution in [0.25, 0.3) is 5.52 Å². The van der Waals surface area contributed by atoms with Crippen molar-refractivity contribution >= 4 is 17.0 Å². The average Bonchev–Trinajstić information content (AvgIpc) is 3.13. The summed E-state index contributed by atoms with van der Waals surface area (Å²) in [4.78, 5) is 2.24. The summed E-state index contributed by atoms with van der Waals surface area (Å²) < 4.78 is 7.40. The molecule has 0 amide bonds. The van der Waals surface area contributed by atoms with Gasteiger partial charge in [-0.25, -0.2) is 4.52 Å². The van der Waals surface area contributed by atoms with Gasteiger partial charge in [-0.3, -0.25) is 0 Å². The SMILES string of the molecule is CCOCCN(C)CCNc1nn2c3c(ccc2c1N)CCC3. The summed E-state index contributed by atoms with van der Waals surface area (Å²) in [6, 6.07) is 4.28. The number of hydrogen-bond donors (Lipinski definition) is 2. The molecule has 2 aromatic rings. The molecule has 126 valence electrons. The molecule has 0 radical (unpaired) electrons. The van der Waals surface area contributed by atoms with Gasteiger partial charge in [0, 0.05) is 31.9 Å². The predicted molar refractivity (Wildman–Crippen MR) is 94.1 cm³/mol. The molecule has 3 rings (SSSR count). The molecule has 1 aliphatic carbocycles. The van der Waals surface area contributed by atoms with Crippen LogP contribution in [-0.2, 0) is 17.6 Å². The molecular weight excluding hydrogens is 290 g/mol. The molecule has 2 aromatic heterocycles. The van der Waals surface area contributed by atoms with Crippen LogP contribution in [0.15, 0.2) is 12.1 Å². The Labute approximate surface area is 137 Å². The first-order valence-corrected chi connectivity index (χ1v) is 8.49. The maximum absolute atomic E-state index is 6.27. The standard InChI is InChI=1S/C17H27N5O/c1-3-23-12-11-21(2)10-9-19-17-16(18)15-8-7-13-5-4-6-14(13)22(15)20-17/h7-8H,3-6,9-12,18H2,1-2H3,(H,19,20). The molecule has 0 unspecified atom stereocenters. The van der Waals surface area contributed by atoms with Crippen molar-refractivity contribution in [3.8, 4) is 0 Å². The third-order valence-corrected chi connectivity index (χ3v) is 4.50. The first kappa shape index (κ1) is 16.1. The maximum Gasteiger partial charge on any atom is 0.172 e. The van der Waals surface area contributed by atoms with Crippen molar-refractivity contribution < 1.29 is 4.74 Å². The fraction of sp³-hybridized carbons (Fsp3) is 0.588. The molecule has 0 atom stereocenters. The van der Waals surface area contributed by atoms with E-state index in [2.05, 4.69) is 29.4 Å². The zero-order valence-corrected chi connectivity index (χ0v) is 14.1.